The zero-order valence-electron chi connectivity index (χ0n) is 7.36. The van der Waals surface area contributed by atoms with Crippen LogP contribution in [-0.4, -0.2) is 50.9 Å². The van der Waals surface area contributed by atoms with Crippen molar-refractivity contribution in [1.82, 2.24) is 0 Å². The molecule has 1 aliphatic heterocycles. The molecule has 0 radical (unpaired) electrons. The normalized spacial score (nSPS) is 30.5. The number of aliphatic hydroxyl groups excluding tert-OH is 1. The molecule has 0 aromatic carbocycles. The van der Waals surface area contributed by atoms with E-state index in [9.17, 15) is 5.11 Å². The number of hydrogen-bond acceptors (Lipinski definition) is 4. The van der Waals surface area contributed by atoms with Gasteiger partial charge in [0.1, 0.15) is 6.10 Å². The minimum atomic E-state index is -0.379. The second kappa shape index (κ2) is 5.48. The predicted octanol–water partition coefficient (Wildman–Crippen LogP) is -0.201. The van der Waals surface area contributed by atoms with Gasteiger partial charge < -0.3 is 19.3 Å². The van der Waals surface area contributed by atoms with Gasteiger partial charge in [-0.15, -0.1) is 0 Å². The van der Waals surface area contributed by atoms with Crippen molar-refractivity contribution < 1.29 is 19.3 Å². The molecule has 1 aliphatic rings. The lowest BCUT2D eigenvalue weighted by molar-refractivity contribution is -0.123. The van der Waals surface area contributed by atoms with Gasteiger partial charge in [-0.2, -0.15) is 0 Å². The van der Waals surface area contributed by atoms with E-state index in [2.05, 4.69) is 0 Å². The fourth-order valence-electron chi connectivity index (χ4n) is 1.14. The fourth-order valence-corrected chi connectivity index (χ4v) is 1.14. The number of ether oxygens (including phenoxy) is 3. The van der Waals surface area contributed by atoms with E-state index in [0.29, 0.717) is 32.8 Å². The third kappa shape index (κ3) is 3.06. The summed E-state index contributed by atoms with van der Waals surface area (Å²) >= 11 is 0. The van der Waals surface area contributed by atoms with Crippen LogP contribution in [-0.2, 0) is 14.2 Å². The number of aliphatic hydroxyl groups is 1. The maximum Gasteiger partial charge on any atom is 0.107 e. The molecule has 0 bridgehead atoms. The van der Waals surface area contributed by atoms with Crippen LogP contribution in [0.2, 0.25) is 0 Å². The first-order chi connectivity index (χ1) is 5.84. The molecule has 0 aliphatic carbocycles. The van der Waals surface area contributed by atoms with Crippen LogP contribution < -0.4 is 0 Å². The zero-order chi connectivity index (χ0) is 8.81. The standard InChI is InChI=1S/C8H16O4/c1-10-4-5-12-8-6-11-3-2-7(8)9/h7-9H,2-6H2,1H3. The Labute approximate surface area is 72.4 Å². The number of rotatable bonds is 4. The molecule has 1 fully saturated rings. The molecule has 12 heavy (non-hydrogen) atoms. The summed E-state index contributed by atoms with van der Waals surface area (Å²) in [6, 6.07) is 0. The Morgan fingerprint density at radius 1 is 1.50 bits per heavy atom. The highest BCUT2D eigenvalue weighted by molar-refractivity contribution is 4.72. The van der Waals surface area contributed by atoms with Crippen molar-refractivity contribution in [1.29, 1.82) is 0 Å². The second-order valence-corrected chi connectivity index (χ2v) is 2.83. The van der Waals surface area contributed by atoms with E-state index in [1.807, 2.05) is 0 Å². The summed E-state index contributed by atoms with van der Waals surface area (Å²) in [5.41, 5.74) is 0. The molecule has 0 amide bonds. The highest BCUT2D eigenvalue weighted by atomic mass is 16.6. The van der Waals surface area contributed by atoms with Crippen LogP contribution in [0.3, 0.4) is 0 Å². The molecule has 1 heterocycles. The topological polar surface area (TPSA) is 47.9 Å². The number of hydrogen-bond donors (Lipinski definition) is 1. The summed E-state index contributed by atoms with van der Waals surface area (Å²) in [6.07, 6.45) is 0.113. The molecule has 0 aromatic rings. The first-order valence-corrected chi connectivity index (χ1v) is 4.21. The van der Waals surface area contributed by atoms with Crippen LogP contribution in [0.5, 0.6) is 0 Å². The molecule has 72 valence electrons. The molecule has 2 atom stereocenters. The van der Waals surface area contributed by atoms with Gasteiger partial charge in [0.15, 0.2) is 0 Å². The summed E-state index contributed by atoms with van der Waals surface area (Å²) in [5.74, 6) is 0. The Balaban J connectivity index is 2.11. The van der Waals surface area contributed by atoms with Crippen molar-refractivity contribution in [3.05, 3.63) is 0 Å². The average Bonchev–Trinajstić information content (AvgIpc) is 2.09. The monoisotopic (exact) mass is 176 g/mol. The Kier molecular flexibility index (Phi) is 4.53. The molecule has 0 spiro atoms. The van der Waals surface area contributed by atoms with E-state index in [1.54, 1.807) is 7.11 Å². The third-order valence-corrected chi connectivity index (χ3v) is 1.89. The molecular formula is C8H16O4. The van der Waals surface area contributed by atoms with Gasteiger partial charge in [0.05, 0.1) is 25.9 Å². The molecule has 0 aromatic heterocycles. The van der Waals surface area contributed by atoms with E-state index < -0.39 is 0 Å². The Hall–Kier alpha value is -0.160. The molecule has 1 saturated heterocycles. The van der Waals surface area contributed by atoms with Gasteiger partial charge in [-0.25, -0.2) is 0 Å². The minimum absolute atomic E-state index is 0.172. The molecule has 4 nitrogen and oxygen atoms in total. The lowest BCUT2D eigenvalue weighted by Crippen LogP contribution is -2.39. The van der Waals surface area contributed by atoms with Crippen molar-refractivity contribution in [2.24, 2.45) is 0 Å². The summed E-state index contributed by atoms with van der Waals surface area (Å²) in [6.45, 7) is 2.20. The largest absolute Gasteiger partial charge is 0.390 e. The zero-order valence-corrected chi connectivity index (χ0v) is 7.36. The van der Waals surface area contributed by atoms with E-state index in [-0.39, 0.29) is 12.2 Å². The molecule has 0 saturated carbocycles. The van der Waals surface area contributed by atoms with Crippen LogP contribution >= 0.6 is 0 Å². The lowest BCUT2D eigenvalue weighted by Gasteiger charge is -2.27. The summed E-state index contributed by atoms with van der Waals surface area (Å²) in [7, 11) is 1.62. The Morgan fingerprint density at radius 2 is 2.33 bits per heavy atom. The Bertz CT molecular complexity index is 118. The average molecular weight is 176 g/mol. The molecular weight excluding hydrogens is 160 g/mol. The van der Waals surface area contributed by atoms with Gasteiger partial charge in [0.2, 0.25) is 0 Å². The highest BCUT2D eigenvalue weighted by Gasteiger charge is 2.23. The summed E-state index contributed by atoms with van der Waals surface area (Å²) < 4.78 is 15.3. The summed E-state index contributed by atoms with van der Waals surface area (Å²) in [4.78, 5) is 0. The lowest BCUT2D eigenvalue weighted by atomic mass is 10.1. The highest BCUT2D eigenvalue weighted by Crippen LogP contribution is 2.10. The smallest absolute Gasteiger partial charge is 0.107 e. The third-order valence-electron chi connectivity index (χ3n) is 1.89. The van der Waals surface area contributed by atoms with Gasteiger partial charge in [0, 0.05) is 13.7 Å². The van der Waals surface area contributed by atoms with Gasteiger partial charge >= 0.3 is 0 Å². The summed E-state index contributed by atoms with van der Waals surface area (Å²) in [5, 5.41) is 9.42. The maximum absolute atomic E-state index is 9.42. The fraction of sp³-hybridized carbons (Fsp3) is 1.00. The van der Waals surface area contributed by atoms with Crippen molar-refractivity contribution in [3.8, 4) is 0 Å². The van der Waals surface area contributed by atoms with Crippen molar-refractivity contribution in [2.75, 3.05) is 33.5 Å². The van der Waals surface area contributed by atoms with Crippen LogP contribution in [0.4, 0.5) is 0 Å². The van der Waals surface area contributed by atoms with Crippen LogP contribution in [0, 0.1) is 0 Å². The minimum Gasteiger partial charge on any atom is -0.390 e. The van der Waals surface area contributed by atoms with Gasteiger partial charge in [0.25, 0.3) is 0 Å². The first-order valence-electron chi connectivity index (χ1n) is 4.21. The molecule has 2 unspecified atom stereocenters. The maximum atomic E-state index is 9.42. The van der Waals surface area contributed by atoms with E-state index in [0.717, 1.165) is 0 Å². The van der Waals surface area contributed by atoms with Crippen LogP contribution in [0.15, 0.2) is 0 Å². The van der Waals surface area contributed by atoms with Crippen molar-refractivity contribution >= 4 is 0 Å². The van der Waals surface area contributed by atoms with Gasteiger partial charge in [-0.3, -0.25) is 0 Å². The van der Waals surface area contributed by atoms with Crippen LogP contribution in [0.25, 0.3) is 0 Å². The van der Waals surface area contributed by atoms with Crippen molar-refractivity contribution in [2.45, 2.75) is 18.6 Å². The first kappa shape index (κ1) is 9.92. The Morgan fingerprint density at radius 3 is 3.00 bits per heavy atom. The molecule has 1 N–H and O–H groups in total. The molecule has 1 rings (SSSR count). The van der Waals surface area contributed by atoms with E-state index in [1.165, 1.54) is 0 Å². The van der Waals surface area contributed by atoms with Gasteiger partial charge in [-0.05, 0) is 6.42 Å². The predicted molar refractivity (Wildman–Crippen MR) is 43.1 cm³/mol. The second-order valence-electron chi connectivity index (χ2n) is 2.83. The quantitative estimate of drug-likeness (QED) is 0.603. The van der Waals surface area contributed by atoms with Crippen LogP contribution in [0.1, 0.15) is 6.42 Å². The molecule has 4 heteroatoms. The number of methoxy groups -OCH3 is 1. The van der Waals surface area contributed by atoms with Gasteiger partial charge in [-0.1, -0.05) is 0 Å². The van der Waals surface area contributed by atoms with E-state index in [4.69, 9.17) is 14.2 Å². The van der Waals surface area contributed by atoms with E-state index >= 15 is 0 Å². The SMILES string of the molecule is COCCOC1COCCC1O. The van der Waals surface area contributed by atoms with Crippen molar-refractivity contribution in [3.63, 3.8) is 0 Å².